The summed E-state index contributed by atoms with van der Waals surface area (Å²) in [7, 11) is 0. The van der Waals surface area contributed by atoms with E-state index in [2.05, 4.69) is 149 Å². The molecule has 11 rings (SSSR count). The predicted octanol–water partition coefficient (Wildman–Crippen LogP) is 11.9. The summed E-state index contributed by atoms with van der Waals surface area (Å²) in [4.78, 5) is 10.5. The molecule has 0 spiro atoms. The average Bonchev–Trinajstić information content (AvgIpc) is 3.87. The van der Waals surface area contributed by atoms with Crippen molar-refractivity contribution in [2.24, 2.45) is 0 Å². The smallest absolute Gasteiger partial charge is 0.162 e. The molecule has 51 heavy (non-hydrogen) atoms. The number of nitrogens with zero attached hydrogens (tertiary/aromatic N) is 4. The quantitative estimate of drug-likeness (QED) is 0.190. The highest BCUT2D eigenvalue weighted by molar-refractivity contribution is 6.39. The molecule has 0 N–H and O–H groups in total. The fourth-order valence-electron chi connectivity index (χ4n) is 7.99. The van der Waals surface area contributed by atoms with E-state index in [1.54, 1.807) is 0 Å². The lowest BCUT2D eigenvalue weighted by atomic mass is 10.0. The van der Waals surface area contributed by atoms with Crippen LogP contribution in [0.3, 0.4) is 0 Å². The first kappa shape index (κ1) is 27.9. The first-order valence-electron chi connectivity index (χ1n) is 17.2. The van der Waals surface area contributed by atoms with Crippen LogP contribution in [0.5, 0.6) is 0 Å². The standard InChI is InChI=1S/C46H28N4O/c1-4-16-29(17-5-1)35-28-39(48-46(47-35)30-18-6-2-7-19-30)50-37-26-14-11-23-33(37)42-44(50)43-40(41-34-24-12-15-27-38(34)51-45(41)42)32-22-10-13-25-36(32)49(43)31-20-8-3-9-21-31/h1-28H. The monoisotopic (exact) mass is 652 g/mol. The Morgan fingerprint density at radius 1 is 0.431 bits per heavy atom. The van der Waals surface area contributed by atoms with Gasteiger partial charge in [-0.15, -0.1) is 0 Å². The van der Waals surface area contributed by atoms with Gasteiger partial charge in [-0.1, -0.05) is 133 Å². The van der Waals surface area contributed by atoms with E-state index in [0.717, 1.165) is 88.5 Å². The Balaban J connectivity index is 1.42. The van der Waals surface area contributed by atoms with Crippen LogP contribution >= 0.6 is 0 Å². The van der Waals surface area contributed by atoms with E-state index in [-0.39, 0.29) is 0 Å². The number of benzene rings is 7. The first-order chi connectivity index (χ1) is 25.3. The molecule has 0 atom stereocenters. The van der Waals surface area contributed by atoms with Crippen LogP contribution in [0.15, 0.2) is 174 Å². The van der Waals surface area contributed by atoms with Gasteiger partial charge >= 0.3 is 0 Å². The minimum atomic E-state index is 0.669. The fraction of sp³-hybridized carbons (Fsp3) is 0. The summed E-state index contributed by atoms with van der Waals surface area (Å²) < 4.78 is 11.7. The average molecular weight is 653 g/mol. The highest BCUT2D eigenvalue weighted by atomic mass is 16.3. The van der Waals surface area contributed by atoms with Crippen molar-refractivity contribution in [3.8, 4) is 34.2 Å². The Morgan fingerprint density at radius 2 is 0.980 bits per heavy atom. The highest BCUT2D eigenvalue weighted by Gasteiger charge is 2.28. The van der Waals surface area contributed by atoms with E-state index < -0.39 is 0 Å². The van der Waals surface area contributed by atoms with Gasteiger partial charge in [0, 0.05) is 49.8 Å². The van der Waals surface area contributed by atoms with Gasteiger partial charge in [-0.25, -0.2) is 9.97 Å². The van der Waals surface area contributed by atoms with Crippen LogP contribution in [0.25, 0.3) is 99.7 Å². The summed E-state index contributed by atoms with van der Waals surface area (Å²) in [5.74, 6) is 1.46. The van der Waals surface area contributed by atoms with Crippen molar-refractivity contribution < 1.29 is 4.42 Å². The van der Waals surface area contributed by atoms with E-state index in [1.807, 2.05) is 30.3 Å². The molecule has 0 saturated heterocycles. The van der Waals surface area contributed by atoms with E-state index in [1.165, 1.54) is 5.39 Å². The SMILES string of the molecule is c1ccc(-c2cc(-n3c4ccccc4c4c5oc6ccccc6c5c5c6ccccc6n(-c6ccccc6)c5c43)nc(-c3ccccc3)n2)cc1. The van der Waals surface area contributed by atoms with Gasteiger partial charge < -0.3 is 8.98 Å². The van der Waals surface area contributed by atoms with Gasteiger partial charge in [0.05, 0.1) is 33.1 Å². The second-order valence-corrected chi connectivity index (χ2v) is 13.0. The minimum absolute atomic E-state index is 0.669. The molecule has 11 aromatic rings. The molecule has 238 valence electrons. The molecule has 0 fully saturated rings. The molecular weight excluding hydrogens is 625 g/mol. The van der Waals surface area contributed by atoms with E-state index >= 15 is 0 Å². The fourth-order valence-corrected chi connectivity index (χ4v) is 7.99. The van der Waals surface area contributed by atoms with Crippen molar-refractivity contribution in [3.05, 3.63) is 170 Å². The topological polar surface area (TPSA) is 48.8 Å². The van der Waals surface area contributed by atoms with Crippen LogP contribution < -0.4 is 0 Å². The van der Waals surface area contributed by atoms with Gasteiger partial charge in [0.25, 0.3) is 0 Å². The van der Waals surface area contributed by atoms with Crippen molar-refractivity contribution in [2.75, 3.05) is 0 Å². The number of hydrogen-bond donors (Lipinski definition) is 0. The summed E-state index contributed by atoms with van der Waals surface area (Å²) in [6.07, 6.45) is 0. The Kier molecular flexibility index (Phi) is 5.89. The molecule has 0 aliphatic carbocycles. The van der Waals surface area contributed by atoms with Crippen molar-refractivity contribution in [1.29, 1.82) is 0 Å². The number of furan rings is 1. The molecule has 7 aromatic carbocycles. The summed E-state index contributed by atoms with van der Waals surface area (Å²) in [5, 5.41) is 6.72. The van der Waals surface area contributed by atoms with E-state index in [4.69, 9.17) is 14.4 Å². The molecule has 0 amide bonds. The Bertz CT molecular complexity index is 3060. The molecule has 4 heterocycles. The second-order valence-electron chi connectivity index (χ2n) is 13.0. The maximum Gasteiger partial charge on any atom is 0.162 e. The normalized spacial score (nSPS) is 11.9. The zero-order valence-corrected chi connectivity index (χ0v) is 27.4. The lowest BCUT2D eigenvalue weighted by Gasteiger charge is -2.14. The third kappa shape index (κ3) is 4.03. The molecule has 0 aliphatic heterocycles. The molecule has 0 saturated carbocycles. The molecule has 0 bridgehead atoms. The maximum atomic E-state index is 6.93. The number of aromatic nitrogens is 4. The lowest BCUT2D eigenvalue weighted by molar-refractivity contribution is 0.673. The summed E-state index contributed by atoms with van der Waals surface area (Å²) >= 11 is 0. The number of hydrogen-bond acceptors (Lipinski definition) is 3. The Morgan fingerprint density at radius 3 is 1.71 bits per heavy atom. The zero-order valence-electron chi connectivity index (χ0n) is 27.4. The highest BCUT2D eigenvalue weighted by Crippen LogP contribution is 2.49. The number of rotatable bonds is 4. The third-order valence-electron chi connectivity index (χ3n) is 10.1. The second kappa shape index (κ2) is 10.8. The van der Waals surface area contributed by atoms with Crippen LogP contribution in [-0.2, 0) is 0 Å². The third-order valence-corrected chi connectivity index (χ3v) is 10.1. The van der Waals surface area contributed by atoms with Crippen molar-refractivity contribution >= 4 is 65.6 Å². The molecule has 5 heteroatoms. The van der Waals surface area contributed by atoms with Gasteiger partial charge in [0.2, 0.25) is 0 Å². The van der Waals surface area contributed by atoms with Gasteiger partial charge in [-0.3, -0.25) is 4.57 Å². The summed E-state index contributed by atoms with van der Waals surface area (Å²) in [5.41, 5.74) is 10.0. The predicted molar refractivity (Wildman–Crippen MR) is 209 cm³/mol. The van der Waals surface area contributed by atoms with E-state index in [9.17, 15) is 0 Å². The zero-order chi connectivity index (χ0) is 33.5. The maximum absolute atomic E-state index is 6.93. The summed E-state index contributed by atoms with van der Waals surface area (Å²) in [6, 6.07) is 59.1. The number of para-hydroxylation sites is 4. The minimum Gasteiger partial charge on any atom is -0.455 e. The van der Waals surface area contributed by atoms with Crippen LogP contribution in [0, 0.1) is 0 Å². The van der Waals surface area contributed by atoms with Gasteiger partial charge in [-0.2, -0.15) is 0 Å². The number of fused-ring (bicyclic) bond motifs is 12. The van der Waals surface area contributed by atoms with Crippen LogP contribution in [0.1, 0.15) is 0 Å². The van der Waals surface area contributed by atoms with Crippen LogP contribution in [0.4, 0.5) is 0 Å². The van der Waals surface area contributed by atoms with Gasteiger partial charge in [0.15, 0.2) is 5.82 Å². The van der Waals surface area contributed by atoms with Crippen molar-refractivity contribution in [3.63, 3.8) is 0 Å². The Hall–Kier alpha value is -6.98. The lowest BCUT2D eigenvalue weighted by Crippen LogP contribution is -2.04. The molecule has 0 unspecified atom stereocenters. The molecular formula is C46H28N4O. The summed E-state index contributed by atoms with van der Waals surface area (Å²) in [6.45, 7) is 0. The largest absolute Gasteiger partial charge is 0.455 e. The van der Waals surface area contributed by atoms with Crippen molar-refractivity contribution in [2.45, 2.75) is 0 Å². The van der Waals surface area contributed by atoms with Crippen LogP contribution in [-0.4, -0.2) is 19.1 Å². The molecule has 0 radical (unpaired) electrons. The molecule has 5 nitrogen and oxygen atoms in total. The van der Waals surface area contributed by atoms with E-state index in [0.29, 0.717) is 5.82 Å². The van der Waals surface area contributed by atoms with Crippen LogP contribution in [0.2, 0.25) is 0 Å². The van der Waals surface area contributed by atoms with Gasteiger partial charge in [-0.05, 0) is 30.3 Å². The van der Waals surface area contributed by atoms with Crippen molar-refractivity contribution in [1.82, 2.24) is 19.1 Å². The molecule has 0 aliphatic rings. The molecule has 4 aromatic heterocycles. The first-order valence-corrected chi connectivity index (χ1v) is 17.2. The van der Waals surface area contributed by atoms with Gasteiger partial charge in [0.1, 0.15) is 17.0 Å². The Labute approximate surface area is 292 Å².